The number of aliphatic hydroxyl groups is 1. The van der Waals surface area contributed by atoms with Crippen LogP contribution < -0.4 is 15.1 Å². The number of aromatic nitrogens is 3. The Labute approximate surface area is 231 Å². The highest BCUT2D eigenvalue weighted by Crippen LogP contribution is 2.44. The third-order valence-corrected chi connectivity index (χ3v) is 7.81. The van der Waals surface area contributed by atoms with Crippen LogP contribution in [0.3, 0.4) is 0 Å². The van der Waals surface area contributed by atoms with Gasteiger partial charge in [-0.1, -0.05) is 23.7 Å². The molecule has 3 aromatic heterocycles. The molecule has 39 heavy (non-hydrogen) atoms. The lowest BCUT2D eigenvalue weighted by molar-refractivity contribution is 0.0920. The Bertz CT molecular complexity index is 1450. The van der Waals surface area contributed by atoms with Crippen LogP contribution in [0, 0.1) is 12.8 Å². The number of para-hydroxylation sites is 2. The maximum absolute atomic E-state index is 12.8. The molecule has 1 aliphatic carbocycles. The number of carbonyl (C=O) groups is 1. The molecule has 1 saturated carbocycles. The van der Waals surface area contributed by atoms with Crippen LogP contribution in [0.15, 0.2) is 71.9 Å². The number of amides is 1. The molecular weight excluding hydrogens is 516 g/mol. The van der Waals surface area contributed by atoms with Crippen LogP contribution >= 0.6 is 11.6 Å². The quantitative estimate of drug-likeness (QED) is 0.336. The van der Waals surface area contributed by atoms with Gasteiger partial charge in [0.1, 0.15) is 5.82 Å². The van der Waals surface area contributed by atoms with E-state index < -0.39 is 6.35 Å². The summed E-state index contributed by atoms with van der Waals surface area (Å²) in [6.07, 6.45) is 9.10. The maximum Gasteiger partial charge on any atom is 0.253 e. The molecule has 2 aliphatic rings. The van der Waals surface area contributed by atoms with E-state index in [2.05, 4.69) is 20.3 Å². The minimum Gasteiger partial charge on any atom is -0.443 e. The van der Waals surface area contributed by atoms with E-state index in [-0.39, 0.29) is 11.9 Å². The molecule has 2 N–H and O–H groups in total. The number of hydrogen-bond acceptors (Lipinski definition) is 8. The van der Waals surface area contributed by atoms with Crippen molar-refractivity contribution in [1.82, 2.24) is 20.3 Å². The van der Waals surface area contributed by atoms with Gasteiger partial charge in [-0.05, 0) is 68.9 Å². The number of halogens is 1. The first-order valence-corrected chi connectivity index (χ1v) is 13.5. The van der Waals surface area contributed by atoms with Crippen LogP contribution in [0.4, 0.5) is 17.2 Å². The summed E-state index contributed by atoms with van der Waals surface area (Å²) in [5, 5.41) is 15.1. The van der Waals surface area contributed by atoms with Gasteiger partial charge in [0, 0.05) is 30.5 Å². The monoisotopic (exact) mass is 544 g/mol. The largest absolute Gasteiger partial charge is 0.443 e. The van der Waals surface area contributed by atoms with Crippen molar-refractivity contribution in [1.29, 1.82) is 0 Å². The molecule has 1 atom stereocenters. The number of nitrogens with one attached hydrogen (secondary N) is 1. The van der Waals surface area contributed by atoms with Gasteiger partial charge < -0.3 is 19.7 Å². The predicted molar refractivity (Wildman–Crippen MR) is 149 cm³/mol. The minimum absolute atomic E-state index is 0.103. The van der Waals surface area contributed by atoms with Gasteiger partial charge in [0.05, 0.1) is 33.9 Å². The molecule has 0 radical (unpaired) electrons. The average molecular weight is 545 g/mol. The molecule has 1 unspecified atom stereocenters. The summed E-state index contributed by atoms with van der Waals surface area (Å²) in [7, 11) is 0. The highest BCUT2D eigenvalue weighted by Gasteiger charge is 2.37. The molecule has 4 heterocycles. The van der Waals surface area contributed by atoms with Crippen molar-refractivity contribution in [3.63, 3.8) is 0 Å². The number of aliphatic hydroxyl groups excluding tert-OH is 1. The fraction of sp³-hybridized carbons (Fsp3) is 0.310. The van der Waals surface area contributed by atoms with Gasteiger partial charge in [-0.15, -0.1) is 0 Å². The van der Waals surface area contributed by atoms with Crippen LogP contribution in [0.25, 0.3) is 11.3 Å². The summed E-state index contributed by atoms with van der Waals surface area (Å²) in [4.78, 5) is 29.5. The fourth-order valence-electron chi connectivity index (χ4n) is 5.53. The van der Waals surface area contributed by atoms with Gasteiger partial charge in [-0.3, -0.25) is 14.7 Å². The first-order valence-electron chi connectivity index (χ1n) is 13.1. The van der Waals surface area contributed by atoms with Gasteiger partial charge in [0.25, 0.3) is 5.91 Å². The molecule has 1 aliphatic heterocycles. The van der Waals surface area contributed by atoms with E-state index in [4.69, 9.17) is 16.0 Å². The van der Waals surface area contributed by atoms with Gasteiger partial charge in [-0.25, -0.2) is 9.97 Å². The molecule has 9 nitrogen and oxygen atoms in total. The van der Waals surface area contributed by atoms with Crippen molar-refractivity contribution >= 4 is 34.7 Å². The number of carbonyl (C=O) groups excluding carboxylic acids is 1. The molecule has 10 heteroatoms. The number of rotatable bonds is 6. The molecule has 4 aromatic rings. The highest BCUT2D eigenvalue weighted by atomic mass is 35.5. The molecule has 0 spiro atoms. The first kappa shape index (κ1) is 25.3. The molecule has 200 valence electrons. The Morgan fingerprint density at radius 3 is 2.59 bits per heavy atom. The van der Waals surface area contributed by atoms with Gasteiger partial charge in [0.2, 0.25) is 6.35 Å². The summed E-state index contributed by atoms with van der Waals surface area (Å²) in [6.45, 7) is 2.52. The normalized spacial score (nSPS) is 20.6. The SMILES string of the molecule is Cc1ncc(Cl)cc1C(=O)N[C@H]1CC[C@H](CN2c3ccccc3N(c3ccc(-c4cnco4)cn3)C2O)CC1. The molecule has 1 fully saturated rings. The number of fused-ring (bicyclic) bond motifs is 1. The number of pyridine rings is 2. The molecule has 6 rings (SSSR count). The Morgan fingerprint density at radius 1 is 1.08 bits per heavy atom. The smallest absolute Gasteiger partial charge is 0.253 e. The van der Waals surface area contributed by atoms with E-state index in [1.807, 2.05) is 53.1 Å². The van der Waals surface area contributed by atoms with Crippen LogP contribution in [-0.2, 0) is 0 Å². The Balaban J connectivity index is 1.11. The van der Waals surface area contributed by atoms with Crippen molar-refractivity contribution in [2.75, 3.05) is 16.3 Å². The van der Waals surface area contributed by atoms with E-state index in [1.165, 1.54) is 6.39 Å². The summed E-state index contributed by atoms with van der Waals surface area (Å²) in [5.41, 5.74) is 3.89. The lowest BCUT2D eigenvalue weighted by Gasteiger charge is -2.34. The fourth-order valence-corrected chi connectivity index (χ4v) is 5.69. The van der Waals surface area contributed by atoms with Crippen molar-refractivity contribution < 1.29 is 14.3 Å². The standard InChI is InChI=1S/C29H29ClN6O3/c1-18-23(12-21(30)14-32-18)28(37)34-22-9-6-19(7-10-22)16-35-24-4-2-3-5-25(24)36(29(35)38)27-11-8-20(13-33-27)26-15-31-17-39-26/h2-5,8,11-15,17,19,22,29,38H,6-7,9-10,16H2,1H3,(H,34,37)/t19-,22-,29?. The summed E-state index contributed by atoms with van der Waals surface area (Å²) < 4.78 is 5.37. The minimum atomic E-state index is -0.873. The van der Waals surface area contributed by atoms with Crippen molar-refractivity contribution in [3.8, 4) is 11.3 Å². The second kappa shape index (κ2) is 10.7. The molecule has 1 amide bonds. The first-order chi connectivity index (χ1) is 19.0. The van der Waals surface area contributed by atoms with Crippen LogP contribution in [-0.4, -0.2) is 44.9 Å². The number of nitrogens with zero attached hydrogens (tertiary/aromatic N) is 5. The zero-order valence-corrected chi connectivity index (χ0v) is 22.3. The van der Waals surface area contributed by atoms with E-state index in [0.717, 1.165) is 42.6 Å². The zero-order valence-electron chi connectivity index (χ0n) is 21.5. The third kappa shape index (κ3) is 5.07. The molecular formula is C29H29ClN6O3. The molecule has 0 saturated heterocycles. The van der Waals surface area contributed by atoms with E-state index in [1.54, 1.807) is 24.7 Å². The second-order valence-corrected chi connectivity index (χ2v) is 10.5. The summed E-state index contributed by atoms with van der Waals surface area (Å²) >= 11 is 6.05. The summed E-state index contributed by atoms with van der Waals surface area (Å²) in [6, 6.07) is 13.6. The topological polar surface area (TPSA) is 108 Å². The van der Waals surface area contributed by atoms with Gasteiger partial charge >= 0.3 is 0 Å². The van der Waals surface area contributed by atoms with Crippen LogP contribution in [0.5, 0.6) is 0 Å². The van der Waals surface area contributed by atoms with E-state index >= 15 is 0 Å². The number of anilines is 3. The van der Waals surface area contributed by atoms with E-state index in [9.17, 15) is 9.90 Å². The third-order valence-electron chi connectivity index (χ3n) is 7.61. The predicted octanol–water partition coefficient (Wildman–Crippen LogP) is 5.32. The van der Waals surface area contributed by atoms with Crippen molar-refractivity contribution in [2.24, 2.45) is 5.92 Å². The van der Waals surface area contributed by atoms with E-state index in [0.29, 0.717) is 40.3 Å². The van der Waals surface area contributed by atoms with Crippen LogP contribution in [0.2, 0.25) is 5.02 Å². The van der Waals surface area contributed by atoms with Crippen LogP contribution in [0.1, 0.15) is 41.7 Å². The Hall–Kier alpha value is -3.95. The second-order valence-electron chi connectivity index (χ2n) is 10.1. The Morgan fingerprint density at radius 2 is 1.87 bits per heavy atom. The lowest BCUT2D eigenvalue weighted by atomic mass is 9.85. The summed E-state index contributed by atoms with van der Waals surface area (Å²) in [5.74, 6) is 1.55. The highest BCUT2D eigenvalue weighted by molar-refractivity contribution is 6.30. The van der Waals surface area contributed by atoms with Crippen molar-refractivity contribution in [3.05, 3.63) is 83.7 Å². The van der Waals surface area contributed by atoms with Gasteiger partial charge in [0.15, 0.2) is 12.2 Å². The molecule has 0 bridgehead atoms. The Kier molecular flexibility index (Phi) is 6.93. The zero-order chi connectivity index (χ0) is 26.9. The number of aryl methyl sites for hydroxylation is 1. The lowest BCUT2D eigenvalue weighted by Crippen LogP contribution is -2.45. The number of benzene rings is 1. The van der Waals surface area contributed by atoms with Crippen molar-refractivity contribution in [2.45, 2.75) is 45.0 Å². The average Bonchev–Trinajstić information content (AvgIpc) is 3.58. The number of hydrogen-bond donors (Lipinski definition) is 2. The maximum atomic E-state index is 12.8. The number of oxazole rings is 1. The molecule has 1 aromatic carbocycles. The van der Waals surface area contributed by atoms with Gasteiger partial charge in [-0.2, -0.15) is 0 Å².